The predicted molar refractivity (Wildman–Crippen MR) is 125 cm³/mol. The Kier molecular flexibility index (Phi) is 4.80. The van der Waals surface area contributed by atoms with Crippen molar-refractivity contribution in [3.05, 3.63) is 54.2 Å². The monoisotopic (exact) mass is 446 g/mol. The molecular weight excluding hydrogens is 420 g/mol. The number of piperidine rings is 1. The normalized spacial score (nSPS) is 22.5. The third-order valence-corrected chi connectivity index (χ3v) is 8.14. The van der Waals surface area contributed by atoms with Crippen LogP contribution in [0.1, 0.15) is 24.1 Å². The molecule has 8 heteroatoms. The standard InChI is InChI=1S/C24H26N6OS/c1-16-21(31-15-26-16)22-27-28-23(29(22)2)32-11-5-10-30-13-17-12-24(17,14-30)19-7-3-8-20-18(19)6-4-9-25-20/h3-4,6-9,15,17H,5,10-14H2,1-2H3/t17-,24?/m1/s1. The molecule has 6 rings (SSSR count). The molecule has 1 saturated carbocycles. The third-order valence-electron chi connectivity index (χ3n) is 7.03. The highest BCUT2D eigenvalue weighted by molar-refractivity contribution is 7.99. The lowest BCUT2D eigenvalue weighted by atomic mass is 9.91. The molecule has 1 saturated heterocycles. The molecule has 3 aromatic heterocycles. The van der Waals surface area contributed by atoms with Gasteiger partial charge in [0, 0.05) is 42.9 Å². The fourth-order valence-corrected chi connectivity index (χ4v) is 6.15. The van der Waals surface area contributed by atoms with Crippen molar-refractivity contribution in [3.63, 3.8) is 0 Å². The quantitative estimate of drug-likeness (QED) is 0.313. The number of pyridine rings is 1. The van der Waals surface area contributed by atoms with Crippen LogP contribution in [0.4, 0.5) is 0 Å². The number of aryl methyl sites for hydroxylation is 1. The Balaban J connectivity index is 1.06. The van der Waals surface area contributed by atoms with E-state index in [1.807, 2.05) is 24.7 Å². The van der Waals surface area contributed by atoms with E-state index in [0.717, 1.165) is 53.4 Å². The van der Waals surface area contributed by atoms with Gasteiger partial charge in [0.25, 0.3) is 0 Å². The van der Waals surface area contributed by atoms with E-state index in [9.17, 15) is 0 Å². The Morgan fingerprint density at radius 3 is 3.00 bits per heavy atom. The highest BCUT2D eigenvalue weighted by Gasteiger charge is 2.60. The van der Waals surface area contributed by atoms with Crippen LogP contribution in [0.25, 0.3) is 22.5 Å². The van der Waals surface area contributed by atoms with E-state index < -0.39 is 0 Å². The molecule has 2 aliphatic rings. The Labute approximate surface area is 191 Å². The lowest BCUT2D eigenvalue weighted by Gasteiger charge is -2.21. The molecule has 4 aromatic rings. The van der Waals surface area contributed by atoms with Crippen molar-refractivity contribution in [1.29, 1.82) is 0 Å². The minimum absolute atomic E-state index is 0.336. The molecule has 1 aliphatic heterocycles. The third kappa shape index (κ3) is 3.24. The maximum atomic E-state index is 5.47. The topological polar surface area (TPSA) is 72.9 Å². The van der Waals surface area contributed by atoms with Crippen LogP contribution >= 0.6 is 11.8 Å². The molecule has 2 atom stereocenters. The van der Waals surface area contributed by atoms with Crippen molar-refractivity contribution in [2.24, 2.45) is 13.0 Å². The van der Waals surface area contributed by atoms with Gasteiger partial charge in [-0.25, -0.2) is 4.98 Å². The zero-order chi connectivity index (χ0) is 21.7. The molecule has 1 aliphatic carbocycles. The Morgan fingerprint density at radius 1 is 1.19 bits per heavy atom. The van der Waals surface area contributed by atoms with Crippen molar-refractivity contribution in [2.75, 3.05) is 25.4 Å². The molecule has 164 valence electrons. The van der Waals surface area contributed by atoms with Gasteiger partial charge in [0.05, 0.1) is 11.2 Å². The number of thioether (sulfide) groups is 1. The van der Waals surface area contributed by atoms with Crippen molar-refractivity contribution in [3.8, 4) is 11.6 Å². The first-order valence-electron chi connectivity index (χ1n) is 11.1. The number of hydrogen-bond acceptors (Lipinski definition) is 7. The number of hydrogen-bond donors (Lipinski definition) is 0. The highest BCUT2D eigenvalue weighted by Crippen LogP contribution is 2.60. The summed E-state index contributed by atoms with van der Waals surface area (Å²) in [6.07, 6.45) is 5.79. The van der Waals surface area contributed by atoms with Crippen LogP contribution < -0.4 is 0 Å². The summed E-state index contributed by atoms with van der Waals surface area (Å²) in [5, 5.41) is 10.9. The van der Waals surface area contributed by atoms with E-state index in [2.05, 4.69) is 55.4 Å². The van der Waals surface area contributed by atoms with Crippen LogP contribution in [0.5, 0.6) is 0 Å². The summed E-state index contributed by atoms with van der Waals surface area (Å²) in [7, 11) is 1.98. The van der Waals surface area contributed by atoms with Crippen LogP contribution in [-0.4, -0.2) is 55.0 Å². The van der Waals surface area contributed by atoms with Crippen LogP contribution in [0.3, 0.4) is 0 Å². The fourth-order valence-electron chi connectivity index (χ4n) is 5.32. The number of benzene rings is 1. The number of rotatable bonds is 7. The van der Waals surface area contributed by atoms with Gasteiger partial charge in [-0.1, -0.05) is 30.0 Å². The van der Waals surface area contributed by atoms with Crippen LogP contribution in [0.2, 0.25) is 0 Å². The summed E-state index contributed by atoms with van der Waals surface area (Å²) in [6, 6.07) is 10.9. The second-order valence-electron chi connectivity index (χ2n) is 9.00. The first kappa shape index (κ1) is 19.9. The van der Waals surface area contributed by atoms with Gasteiger partial charge in [-0.3, -0.25) is 4.98 Å². The van der Waals surface area contributed by atoms with Gasteiger partial charge in [-0.2, -0.15) is 0 Å². The second-order valence-corrected chi connectivity index (χ2v) is 10.1. The summed E-state index contributed by atoms with van der Waals surface area (Å²) in [5.74, 6) is 3.23. The second kappa shape index (κ2) is 7.71. The average Bonchev–Trinajstić information content (AvgIpc) is 3.10. The number of fused-ring (bicyclic) bond motifs is 2. The highest BCUT2D eigenvalue weighted by atomic mass is 32.2. The zero-order valence-electron chi connectivity index (χ0n) is 18.4. The van der Waals surface area contributed by atoms with Gasteiger partial charge in [-0.15, -0.1) is 10.2 Å². The van der Waals surface area contributed by atoms with Crippen molar-refractivity contribution in [2.45, 2.75) is 30.3 Å². The van der Waals surface area contributed by atoms with E-state index in [1.54, 1.807) is 11.8 Å². The van der Waals surface area contributed by atoms with Crippen molar-refractivity contribution >= 4 is 22.7 Å². The lowest BCUT2D eigenvalue weighted by molar-refractivity contribution is 0.300. The van der Waals surface area contributed by atoms with Crippen LogP contribution in [0, 0.1) is 12.8 Å². The molecule has 0 amide bonds. The Morgan fingerprint density at radius 2 is 2.12 bits per heavy atom. The number of likely N-dealkylation sites (tertiary alicyclic amines) is 1. The lowest BCUT2D eigenvalue weighted by Crippen LogP contribution is -2.28. The summed E-state index contributed by atoms with van der Waals surface area (Å²) in [5.41, 5.74) is 3.78. The van der Waals surface area contributed by atoms with E-state index in [4.69, 9.17) is 4.42 Å². The largest absolute Gasteiger partial charge is 0.440 e. The number of oxazole rings is 1. The van der Waals surface area contributed by atoms with Crippen molar-refractivity contribution in [1.82, 2.24) is 29.6 Å². The molecule has 0 radical (unpaired) electrons. The van der Waals surface area contributed by atoms with Gasteiger partial charge in [0.15, 0.2) is 17.3 Å². The molecule has 1 aromatic carbocycles. The summed E-state index contributed by atoms with van der Waals surface area (Å²) in [6.45, 7) is 5.41. The van der Waals surface area contributed by atoms with E-state index >= 15 is 0 Å². The van der Waals surface area contributed by atoms with E-state index in [1.165, 1.54) is 30.3 Å². The molecule has 0 spiro atoms. The van der Waals surface area contributed by atoms with Crippen LogP contribution in [0.15, 0.2) is 52.5 Å². The van der Waals surface area contributed by atoms with Gasteiger partial charge in [-0.05, 0) is 49.9 Å². The zero-order valence-corrected chi connectivity index (χ0v) is 19.2. The summed E-state index contributed by atoms with van der Waals surface area (Å²) < 4.78 is 7.46. The summed E-state index contributed by atoms with van der Waals surface area (Å²) in [4.78, 5) is 11.4. The predicted octanol–water partition coefficient (Wildman–Crippen LogP) is 4.08. The average molecular weight is 447 g/mol. The summed E-state index contributed by atoms with van der Waals surface area (Å²) >= 11 is 1.76. The maximum absolute atomic E-state index is 5.47. The molecule has 0 N–H and O–H groups in total. The van der Waals surface area contributed by atoms with Gasteiger partial charge in [0.1, 0.15) is 0 Å². The van der Waals surface area contributed by atoms with Gasteiger partial charge in [0.2, 0.25) is 5.82 Å². The van der Waals surface area contributed by atoms with E-state index in [-0.39, 0.29) is 0 Å². The fraction of sp³-hybridized carbons (Fsp3) is 0.417. The van der Waals surface area contributed by atoms with Gasteiger partial charge < -0.3 is 13.9 Å². The van der Waals surface area contributed by atoms with Gasteiger partial charge >= 0.3 is 0 Å². The minimum Gasteiger partial charge on any atom is -0.440 e. The first-order valence-corrected chi connectivity index (χ1v) is 12.1. The molecular formula is C24H26N6OS. The minimum atomic E-state index is 0.336. The Bertz CT molecular complexity index is 1280. The molecule has 0 bridgehead atoms. The molecule has 7 nitrogen and oxygen atoms in total. The molecule has 2 fully saturated rings. The molecule has 1 unspecified atom stereocenters. The first-order chi connectivity index (χ1) is 15.7. The molecule has 32 heavy (non-hydrogen) atoms. The smallest absolute Gasteiger partial charge is 0.202 e. The van der Waals surface area contributed by atoms with Crippen LogP contribution in [-0.2, 0) is 12.5 Å². The number of aromatic nitrogens is 5. The van der Waals surface area contributed by atoms with E-state index in [0.29, 0.717) is 11.2 Å². The SMILES string of the molecule is Cc1ncoc1-c1nnc(SCCCN2C[C@H]3CC3(c3cccc4ncccc34)C2)n1C. The number of nitrogens with zero attached hydrogens (tertiary/aromatic N) is 6. The van der Waals surface area contributed by atoms with Crippen molar-refractivity contribution < 1.29 is 4.42 Å². The maximum Gasteiger partial charge on any atom is 0.202 e. The Hall–Kier alpha value is -2.71. The molecule has 4 heterocycles.